The summed E-state index contributed by atoms with van der Waals surface area (Å²) >= 11 is 0. The Morgan fingerprint density at radius 1 is 1.16 bits per heavy atom. The Balaban J connectivity index is 1.97. The van der Waals surface area contributed by atoms with Crippen LogP contribution in [0.1, 0.15) is 25.8 Å². The van der Waals surface area contributed by atoms with Gasteiger partial charge in [-0.05, 0) is 43.4 Å². The molecule has 0 bridgehead atoms. The van der Waals surface area contributed by atoms with Crippen molar-refractivity contribution in [3.05, 3.63) is 48.1 Å². The summed E-state index contributed by atoms with van der Waals surface area (Å²) in [5.41, 5.74) is 1.04. The standard InChI is InChI=1S/C19H26O5S/c1-15(12-16-8-9-17(22-3)18(13-16)23-4)14-24-25(20,21)19(2)10-6-5-7-11-19/h5-10,13,15H,11-12,14H2,1-4H3. The zero-order chi connectivity index (χ0) is 18.5. The SMILES string of the molecule is COc1ccc(CC(C)COS(=O)(=O)C2(C)C=CC=CC2)cc1OC. The van der Waals surface area contributed by atoms with Gasteiger partial charge >= 0.3 is 0 Å². The Hall–Kier alpha value is -1.79. The molecule has 25 heavy (non-hydrogen) atoms. The largest absolute Gasteiger partial charge is 0.493 e. The molecule has 0 saturated heterocycles. The minimum Gasteiger partial charge on any atom is -0.493 e. The fourth-order valence-corrected chi connectivity index (χ4v) is 3.93. The van der Waals surface area contributed by atoms with Crippen molar-refractivity contribution in [2.45, 2.75) is 31.4 Å². The smallest absolute Gasteiger partial charge is 0.276 e. The molecule has 0 saturated carbocycles. The number of benzene rings is 1. The van der Waals surface area contributed by atoms with Crippen molar-refractivity contribution in [3.63, 3.8) is 0 Å². The average Bonchev–Trinajstić information content (AvgIpc) is 2.60. The summed E-state index contributed by atoms with van der Waals surface area (Å²) in [6.45, 7) is 3.79. The van der Waals surface area contributed by atoms with E-state index in [2.05, 4.69) is 0 Å². The van der Waals surface area contributed by atoms with Crippen LogP contribution in [-0.4, -0.2) is 34.0 Å². The molecule has 0 radical (unpaired) electrons. The number of hydrogen-bond donors (Lipinski definition) is 0. The Kier molecular flexibility index (Phi) is 6.30. The van der Waals surface area contributed by atoms with Crippen LogP contribution in [0.5, 0.6) is 11.5 Å². The van der Waals surface area contributed by atoms with Gasteiger partial charge in [0.1, 0.15) is 4.75 Å². The van der Waals surface area contributed by atoms with Gasteiger partial charge in [0.2, 0.25) is 0 Å². The summed E-state index contributed by atoms with van der Waals surface area (Å²) in [6.07, 6.45) is 8.22. The van der Waals surface area contributed by atoms with Crippen LogP contribution in [0.25, 0.3) is 0 Å². The summed E-state index contributed by atoms with van der Waals surface area (Å²) in [7, 11) is -0.494. The maximum Gasteiger partial charge on any atom is 0.276 e. The maximum absolute atomic E-state index is 12.5. The summed E-state index contributed by atoms with van der Waals surface area (Å²) in [4.78, 5) is 0. The van der Waals surface area contributed by atoms with Crippen molar-refractivity contribution < 1.29 is 22.1 Å². The van der Waals surface area contributed by atoms with E-state index in [-0.39, 0.29) is 12.5 Å². The van der Waals surface area contributed by atoms with Crippen LogP contribution in [0, 0.1) is 5.92 Å². The quantitative estimate of drug-likeness (QED) is 0.659. The lowest BCUT2D eigenvalue weighted by Crippen LogP contribution is -2.36. The van der Waals surface area contributed by atoms with E-state index in [9.17, 15) is 8.42 Å². The third kappa shape index (κ3) is 4.64. The molecule has 0 N–H and O–H groups in total. The summed E-state index contributed by atoms with van der Waals surface area (Å²) in [6, 6.07) is 5.70. The highest BCUT2D eigenvalue weighted by Crippen LogP contribution is 2.30. The molecule has 0 heterocycles. The highest BCUT2D eigenvalue weighted by molar-refractivity contribution is 7.88. The summed E-state index contributed by atoms with van der Waals surface area (Å²) < 4.78 is 39.9. The molecule has 0 amide bonds. The third-order valence-corrected chi connectivity index (χ3v) is 6.22. The molecule has 0 spiro atoms. The Morgan fingerprint density at radius 2 is 1.88 bits per heavy atom. The van der Waals surface area contributed by atoms with Gasteiger partial charge in [0.25, 0.3) is 10.1 Å². The predicted molar refractivity (Wildman–Crippen MR) is 98.6 cm³/mol. The lowest BCUT2D eigenvalue weighted by Gasteiger charge is -2.26. The molecular formula is C19H26O5S. The van der Waals surface area contributed by atoms with Crippen molar-refractivity contribution in [1.29, 1.82) is 0 Å². The summed E-state index contributed by atoms with van der Waals surface area (Å²) in [5.74, 6) is 1.37. The minimum atomic E-state index is -3.68. The number of ether oxygens (including phenoxy) is 2. The monoisotopic (exact) mass is 366 g/mol. The van der Waals surface area contributed by atoms with Crippen LogP contribution in [0.2, 0.25) is 0 Å². The van der Waals surface area contributed by atoms with Gasteiger partial charge in [-0.15, -0.1) is 0 Å². The molecule has 5 nitrogen and oxygen atoms in total. The zero-order valence-corrected chi connectivity index (χ0v) is 16.0. The van der Waals surface area contributed by atoms with E-state index in [0.29, 0.717) is 24.3 Å². The van der Waals surface area contributed by atoms with Crippen LogP contribution in [0.3, 0.4) is 0 Å². The second kappa shape index (κ2) is 8.06. The van der Waals surface area contributed by atoms with E-state index in [1.807, 2.05) is 37.3 Å². The first-order chi connectivity index (χ1) is 11.8. The molecular weight excluding hydrogens is 340 g/mol. The summed E-state index contributed by atoms with van der Waals surface area (Å²) in [5, 5.41) is 0. The van der Waals surface area contributed by atoms with Gasteiger partial charge in [-0.25, -0.2) is 0 Å². The molecule has 0 aromatic heterocycles. The van der Waals surface area contributed by atoms with Gasteiger partial charge in [0, 0.05) is 0 Å². The van der Waals surface area contributed by atoms with Crippen LogP contribution in [0.15, 0.2) is 42.5 Å². The first-order valence-electron chi connectivity index (χ1n) is 8.25. The van der Waals surface area contributed by atoms with Gasteiger partial charge in [-0.3, -0.25) is 4.18 Å². The van der Waals surface area contributed by atoms with Crippen molar-refractivity contribution >= 4 is 10.1 Å². The molecule has 1 aromatic rings. The highest BCUT2D eigenvalue weighted by Gasteiger charge is 2.37. The molecule has 2 unspecified atom stereocenters. The van der Waals surface area contributed by atoms with Gasteiger partial charge in [0.15, 0.2) is 11.5 Å². The number of rotatable bonds is 8. The maximum atomic E-state index is 12.5. The van der Waals surface area contributed by atoms with Crippen LogP contribution in [-0.2, 0) is 20.7 Å². The fraction of sp³-hybridized carbons (Fsp3) is 0.474. The van der Waals surface area contributed by atoms with Crippen LogP contribution in [0.4, 0.5) is 0 Å². The predicted octanol–water partition coefficient (Wildman–Crippen LogP) is 3.50. The van der Waals surface area contributed by atoms with E-state index in [4.69, 9.17) is 13.7 Å². The average molecular weight is 366 g/mol. The van der Waals surface area contributed by atoms with Crippen molar-refractivity contribution in [3.8, 4) is 11.5 Å². The second-order valence-corrected chi connectivity index (χ2v) is 8.62. The lowest BCUT2D eigenvalue weighted by molar-refractivity contribution is 0.255. The van der Waals surface area contributed by atoms with Crippen molar-refractivity contribution in [1.82, 2.24) is 0 Å². The minimum absolute atomic E-state index is 0.0413. The van der Waals surface area contributed by atoms with Crippen molar-refractivity contribution in [2.75, 3.05) is 20.8 Å². The van der Waals surface area contributed by atoms with E-state index >= 15 is 0 Å². The van der Waals surface area contributed by atoms with Gasteiger partial charge in [-0.1, -0.05) is 37.3 Å². The van der Waals surface area contributed by atoms with Gasteiger partial charge in [-0.2, -0.15) is 8.42 Å². The number of hydrogen-bond acceptors (Lipinski definition) is 5. The molecule has 0 fully saturated rings. The molecule has 1 aliphatic rings. The topological polar surface area (TPSA) is 61.8 Å². The molecule has 6 heteroatoms. The molecule has 1 aromatic carbocycles. The molecule has 138 valence electrons. The fourth-order valence-electron chi connectivity index (χ4n) is 2.70. The Labute approximate surface area is 150 Å². The number of allylic oxidation sites excluding steroid dienone is 3. The highest BCUT2D eigenvalue weighted by atomic mass is 32.2. The van der Waals surface area contributed by atoms with E-state index < -0.39 is 14.9 Å². The van der Waals surface area contributed by atoms with Crippen LogP contribution >= 0.6 is 0 Å². The first kappa shape index (κ1) is 19.5. The van der Waals surface area contributed by atoms with Crippen LogP contribution < -0.4 is 9.47 Å². The molecule has 1 aliphatic carbocycles. The Morgan fingerprint density at radius 3 is 2.48 bits per heavy atom. The second-order valence-electron chi connectivity index (χ2n) is 6.54. The van der Waals surface area contributed by atoms with Crippen molar-refractivity contribution in [2.24, 2.45) is 5.92 Å². The molecule has 0 aliphatic heterocycles. The van der Waals surface area contributed by atoms with E-state index in [1.165, 1.54) is 0 Å². The van der Waals surface area contributed by atoms with Gasteiger partial charge < -0.3 is 9.47 Å². The zero-order valence-electron chi connectivity index (χ0n) is 15.2. The molecule has 2 rings (SSSR count). The van der Waals surface area contributed by atoms with E-state index in [0.717, 1.165) is 5.56 Å². The number of methoxy groups -OCH3 is 2. The molecule has 2 atom stereocenters. The van der Waals surface area contributed by atoms with E-state index in [1.54, 1.807) is 33.3 Å². The van der Waals surface area contributed by atoms with Gasteiger partial charge in [0.05, 0.1) is 20.8 Å². The lowest BCUT2D eigenvalue weighted by atomic mass is 10.0. The first-order valence-corrected chi connectivity index (χ1v) is 9.66. The normalized spacial score (nSPS) is 21.1. The third-order valence-electron chi connectivity index (χ3n) is 4.33. The Bertz CT molecular complexity index is 751.